The van der Waals surface area contributed by atoms with Crippen LogP contribution in [-0.4, -0.2) is 41.2 Å². The van der Waals surface area contributed by atoms with Crippen LogP contribution < -0.4 is 20.9 Å². The number of anilines is 1. The van der Waals surface area contributed by atoms with E-state index in [2.05, 4.69) is 0 Å². The highest BCUT2D eigenvalue weighted by Gasteiger charge is 2.62. The van der Waals surface area contributed by atoms with Gasteiger partial charge in [-0.25, -0.2) is 4.79 Å². The van der Waals surface area contributed by atoms with E-state index in [1.807, 2.05) is 0 Å². The molecule has 1 aromatic heterocycles. The highest BCUT2D eigenvalue weighted by Crippen LogP contribution is 2.54. The number of benzene rings is 1. The molecule has 1 aromatic carbocycles. The van der Waals surface area contributed by atoms with Crippen molar-refractivity contribution < 1.29 is 29.0 Å². The number of carbonyl (C=O) groups excluding carboxylic acids is 2. The van der Waals surface area contributed by atoms with E-state index in [1.165, 1.54) is 4.57 Å². The number of aryl methyl sites for hydroxylation is 1. The molecule has 1 atom stereocenters. The number of hydrogen-bond acceptors (Lipinski definition) is 7. The highest BCUT2D eigenvalue weighted by atomic mass is 16.5. The van der Waals surface area contributed by atoms with Crippen LogP contribution in [0.25, 0.3) is 0 Å². The largest absolute Gasteiger partial charge is 0.480 e. The minimum Gasteiger partial charge on any atom is -0.480 e. The lowest BCUT2D eigenvalue weighted by Crippen LogP contribution is -2.52. The molecule has 0 fully saturated rings. The number of rotatable bonds is 4. The van der Waals surface area contributed by atoms with Crippen molar-refractivity contribution in [3.8, 4) is 5.75 Å². The summed E-state index contributed by atoms with van der Waals surface area (Å²) in [7, 11) is 1.12. The average molecular weight is 439 g/mol. The molecule has 32 heavy (non-hydrogen) atoms. The van der Waals surface area contributed by atoms with E-state index in [0.717, 1.165) is 12.0 Å². The predicted molar refractivity (Wildman–Crippen MR) is 112 cm³/mol. The van der Waals surface area contributed by atoms with Gasteiger partial charge in [-0.2, -0.15) is 0 Å². The van der Waals surface area contributed by atoms with Crippen molar-refractivity contribution in [1.29, 1.82) is 0 Å². The smallest absolute Gasteiger partial charge is 0.340 e. The number of pyridine rings is 1. The van der Waals surface area contributed by atoms with E-state index < -0.39 is 41.2 Å². The summed E-state index contributed by atoms with van der Waals surface area (Å²) in [5.41, 5.74) is 4.17. The van der Waals surface area contributed by atoms with E-state index in [-0.39, 0.29) is 28.1 Å². The molecule has 166 valence electrons. The number of amides is 1. The van der Waals surface area contributed by atoms with Gasteiger partial charge in [0.05, 0.1) is 12.7 Å². The van der Waals surface area contributed by atoms with Gasteiger partial charge in [-0.1, -0.05) is 18.2 Å². The molecule has 3 heterocycles. The minimum absolute atomic E-state index is 0.0303. The van der Waals surface area contributed by atoms with Gasteiger partial charge in [0, 0.05) is 29.6 Å². The molecule has 0 saturated carbocycles. The summed E-state index contributed by atoms with van der Waals surface area (Å²) in [5.74, 6) is -3.38. The number of aromatic nitrogens is 1. The highest BCUT2D eigenvalue weighted by molar-refractivity contribution is 6.19. The van der Waals surface area contributed by atoms with Crippen molar-refractivity contribution in [3.63, 3.8) is 0 Å². The molecule has 0 aliphatic carbocycles. The van der Waals surface area contributed by atoms with Gasteiger partial charge in [-0.3, -0.25) is 19.3 Å². The van der Waals surface area contributed by atoms with E-state index in [1.54, 1.807) is 44.2 Å². The number of carbonyl (C=O) groups is 3. The zero-order chi connectivity index (χ0) is 23.4. The van der Waals surface area contributed by atoms with E-state index in [4.69, 9.17) is 15.2 Å². The molecule has 0 bridgehead atoms. The van der Waals surface area contributed by atoms with Crippen LogP contribution in [0.1, 0.15) is 23.7 Å². The lowest BCUT2D eigenvalue weighted by Gasteiger charge is -2.35. The molecule has 0 radical (unpaired) electrons. The number of aliphatic carboxylic acids is 1. The molecule has 1 amide bonds. The second-order valence-electron chi connectivity index (χ2n) is 7.46. The van der Waals surface area contributed by atoms with Crippen molar-refractivity contribution in [2.75, 3.05) is 18.6 Å². The number of carboxylic acids is 1. The second-order valence-corrected chi connectivity index (χ2v) is 7.46. The van der Waals surface area contributed by atoms with E-state index in [0.29, 0.717) is 12.2 Å². The SMILES string of the molecule is CCn1c(C)cc2c(c1=O)C1(C(=O)N(CC(=O)O)c3ccccc31)C(C(=O)OC)=C(N)O2. The van der Waals surface area contributed by atoms with Crippen molar-refractivity contribution in [2.45, 2.75) is 25.8 Å². The van der Waals surface area contributed by atoms with Crippen molar-refractivity contribution in [1.82, 2.24) is 4.57 Å². The summed E-state index contributed by atoms with van der Waals surface area (Å²) >= 11 is 0. The first-order valence-electron chi connectivity index (χ1n) is 9.84. The quantitative estimate of drug-likeness (QED) is 0.661. The number of ether oxygens (including phenoxy) is 2. The van der Waals surface area contributed by atoms with Crippen LogP contribution in [0.15, 0.2) is 46.6 Å². The Morgan fingerprint density at radius 3 is 2.56 bits per heavy atom. The topological polar surface area (TPSA) is 141 Å². The van der Waals surface area contributed by atoms with E-state index >= 15 is 0 Å². The van der Waals surface area contributed by atoms with Crippen LogP contribution in [0.5, 0.6) is 5.75 Å². The third-order valence-corrected chi connectivity index (χ3v) is 5.85. The van der Waals surface area contributed by atoms with Gasteiger partial charge in [-0.05, 0) is 19.9 Å². The molecule has 10 nitrogen and oxygen atoms in total. The Bertz CT molecular complexity index is 1280. The van der Waals surface area contributed by atoms with Crippen LogP contribution in [-0.2, 0) is 31.1 Å². The van der Waals surface area contributed by atoms with Gasteiger partial charge in [0.1, 0.15) is 23.3 Å². The normalized spacial score (nSPS) is 19.0. The fourth-order valence-electron chi connectivity index (χ4n) is 4.62. The second kappa shape index (κ2) is 7.26. The van der Waals surface area contributed by atoms with Crippen molar-refractivity contribution in [3.05, 3.63) is 69.0 Å². The van der Waals surface area contributed by atoms with Gasteiger partial charge in [0.15, 0.2) is 0 Å². The first-order chi connectivity index (χ1) is 15.2. The van der Waals surface area contributed by atoms with Crippen molar-refractivity contribution >= 4 is 23.5 Å². The molecule has 2 aliphatic heterocycles. The lowest BCUT2D eigenvalue weighted by atomic mass is 9.68. The molecular formula is C22H21N3O7. The predicted octanol–water partition coefficient (Wildman–Crippen LogP) is 0.630. The number of fused-ring (bicyclic) bond motifs is 4. The molecule has 1 spiro atoms. The fraction of sp³-hybridized carbons (Fsp3) is 0.273. The number of nitrogens with zero attached hydrogens (tertiary/aromatic N) is 2. The standard InChI is InChI=1S/C22H21N3O7/c1-4-24-11(2)9-14-16(19(24)28)22(17(18(23)32-14)20(29)31-3)12-7-5-6-8-13(12)25(21(22)30)10-15(26)27/h5-9H,4,10,23H2,1-3H3,(H,26,27). The molecule has 0 saturated heterocycles. The summed E-state index contributed by atoms with van der Waals surface area (Å²) < 4.78 is 12.0. The third-order valence-electron chi connectivity index (χ3n) is 5.85. The molecule has 10 heteroatoms. The van der Waals surface area contributed by atoms with Gasteiger partial charge < -0.3 is 24.9 Å². The fourth-order valence-corrected chi connectivity index (χ4v) is 4.62. The number of hydrogen-bond donors (Lipinski definition) is 2. The number of carboxylic acid groups (broad SMARTS) is 1. The van der Waals surface area contributed by atoms with Crippen LogP contribution >= 0.6 is 0 Å². The zero-order valence-electron chi connectivity index (χ0n) is 17.7. The van der Waals surface area contributed by atoms with Crippen LogP contribution in [0, 0.1) is 6.92 Å². The monoisotopic (exact) mass is 439 g/mol. The summed E-state index contributed by atoms with van der Waals surface area (Å²) in [4.78, 5) is 53.2. The minimum atomic E-state index is -2.02. The van der Waals surface area contributed by atoms with Gasteiger partial charge >= 0.3 is 11.9 Å². The number of esters is 1. The summed E-state index contributed by atoms with van der Waals surface area (Å²) in [6.07, 6.45) is 0. The Labute approximate surface area is 182 Å². The Balaban J connectivity index is 2.21. The number of nitrogens with two attached hydrogens (primary N) is 1. The molecule has 1 unspecified atom stereocenters. The Hall–Kier alpha value is -4.08. The van der Waals surface area contributed by atoms with Crippen LogP contribution in [0.4, 0.5) is 5.69 Å². The molecule has 4 rings (SSSR count). The summed E-state index contributed by atoms with van der Waals surface area (Å²) in [6, 6.07) is 7.95. The third kappa shape index (κ3) is 2.58. The first-order valence-corrected chi connectivity index (χ1v) is 9.84. The number of para-hydroxylation sites is 1. The Morgan fingerprint density at radius 1 is 1.25 bits per heavy atom. The van der Waals surface area contributed by atoms with Gasteiger partial charge in [-0.15, -0.1) is 0 Å². The first kappa shape index (κ1) is 21.2. The Morgan fingerprint density at radius 2 is 1.94 bits per heavy atom. The summed E-state index contributed by atoms with van der Waals surface area (Å²) in [5, 5.41) is 9.43. The molecular weight excluding hydrogens is 418 g/mol. The molecule has 2 aliphatic rings. The summed E-state index contributed by atoms with van der Waals surface area (Å²) in [6.45, 7) is 3.10. The van der Waals surface area contributed by atoms with Crippen molar-refractivity contribution in [2.24, 2.45) is 5.73 Å². The zero-order valence-corrected chi connectivity index (χ0v) is 17.7. The maximum Gasteiger partial charge on any atom is 0.340 e. The van der Waals surface area contributed by atoms with Crippen LogP contribution in [0.2, 0.25) is 0 Å². The maximum atomic E-state index is 14.0. The average Bonchev–Trinajstić information content (AvgIpc) is 2.96. The Kier molecular flexibility index (Phi) is 4.80. The lowest BCUT2D eigenvalue weighted by molar-refractivity contribution is -0.138. The molecule has 2 aromatic rings. The molecule has 3 N–H and O–H groups in total. The maximum absolute atomic E-state index is 14.0. The van der Waals surface area contributed by atoms with E-state index in [9.17, 15) is 24.3 Å². The van der Waals surface area contributed by atoms with Gasteiger partial charge in [0.2, 0.25) is 11.8 Å². The van der Waals surface area contributed by atoms with Crippen LogP contribution in [0.3, 0.4) is 0 Å². The van der Waals surface area contributed by atoms with Gasteiger partial charge in [0.25, 0.3) is 5.56 Å². The number of methoxy groups -OCH3 is 1.